The molecular formula is C13H26PtSi. The van der Waals surface area contributed by atoms with Gasteiger partial charge in [0.25, 0.3) is 0 Å². The van der Waals surface area contributed by atoms with Gasteiger partial charge in [-0.15, -0.1) is 8.07 Å². The van der Waals surface area contributed by atoms with Crippen molar-refractivity contribution in [1.82, 2.24) is 0 Å². The third-order valence-corrected chi connectivity index (χ3v) is 0.556. The fraction of sp³-hybridized carbons (Fsp3) is 0.385. The molecule has 92 valence electrons. The summed E-state index contributed by atoms with van der Waals surface area (Å²) in [5.41, 5.74) is 0. The van der Waals surface area contributed by atoms with E-state index >= 15 is 0 Å². The summed E-state index contributed by atoms with van der Waals surface area (Å²) in [6, 6.07) is 10.0. The van der Waals surface area contributed by atoms with Crippen LogP contribution in [0.1, 0.15) is 13.8 Å². The Bertz CT molecular complexity index is 117. The monoisotopic (exact) mass is 405 g/mol. The largest absolute Gasteiger partial charge is 4.00 e. The molecule has 0 spiro atoms. The summed E-state index contributed by atoms with van der Waals surface area (Å²) >= 11 is 0. The van der Waals surface area contributed by atoms with E-state index in [1.807, 2.05) is 30.3 Å². The second kappa shape index (κ2) is 19.8. The molecule has 0 unspecified atom stereocenters. The second-order valence-electron chi connectivity index (χ2n) is 3.52. The van der Waals surface area contributed by atoms with E-state index in [4.69, 9.17) is 0 Å². The first-order valence-electron chi connectivity index (χ1n) is 4.93. The van der Waals surface area contributed by atoms with Crippen LogP contribution in [0.15, 0.2) is 30.3 Å². The first kappa shape index (κ1) is 24.5. The Balaban J connectivity index is -0.0000000580. The van der Waals surface area contributed by atoms with Gasteiger partial charge in [0, 0.05) is 0 Å². The molecule has 0 amide bonds. The fourth-order valence-electron chi connectivity index (χ4n) is 0.321. The normalized spacial score (nSPS) is 7.47. The molecule has 0 fully saturated rings. The van der Waals surface area contributed by atoms with E-state index in [2.05, 4.69) is 40.0 Å². The SMILES string of the molecule is [CH2-]C.[CH2-]C.[CH2-][Si](C)(C)C.[Pt+4].c1cc[cH-]c1. The van der Waals surface area contributed by atoms with Gasteiger partial charge in [0.1, 0.15) is 0 Å². The van der Waals surface area contributed by atoms with Gasteiger partial charge in [0.2, 0.25) is 0 Å². The quantitative estimate of drug-likeness (QED) is 0.430. The molecule has 0 saturated carbocycles. The van der Waals surface area contributed by atoms with Gasteiger partial charge in [0.15, 0.2) is 0 Å². The van der Waals surface area contributed by atoms with Crippen molar-refractivity contribution in [3.8, 4) is 0 Å². The van der Waals surface area contributed by atoms with Crippen molar-refractivity contribution in [1.29, 1.82) is 0 Å². The minimum Gasteiger partial charge on any atom is -0.346 e. The fourth-order valence-corrected chi connectivity index (χ4v) is 0.321. The average Bonchev–Trinajstić information content (AvgIpc) is 2.64. The molecule has 1 aromatic rings. The van der Waals surface area contributed by atoms with Gasteiger partial charge >= 0.3 is 21.1 Å². The topological polar surface area (TPSA) is 0 Å². The predicted molar refractivity (Wildman–Crippen MR) is 72.8 cm³/mol. The van der Waals surface area contributed by atoms with Gasteiger partial charge in [-0.2, -0.15) is 32.0 Å². The predicted octanol–water partition coefficient (Wildman–Crippen LogP) is 4.78. The van der Waals surface area contributed by atoms with E-state index in [9.17, 15) is 0 Å². The van der Waals surface area contributed by atoms with E-state index in [0.717, 1.165) is 0 Å². The van der Waals surface area contributed by atoms with Crippen LogP contribution in [0.5, 0.6) is 0 Å². The molecule has 0 atom stereocenters. The molecule has 2 heteroatoms. The molecule has 1 rings (SSSR count). The van der Waals surface area contributed by atoms with Gasteiger partial charge in [0.05, 0.1) is 0 Å². The maximum atomic E-state index is 3.91. The molecule has 0 bridgehead atoms. The molecule has 0 radical (unpaired) electrons. The Morgan fingerprint density at radius 2 is 1.07 bits per heavy atom. The Labute approximate surface area is 113 Å². The zero-order valence-electron chi connectivity index (χ0n) is 10.8. The van der Waals surface area contributed by atoms with Gasteiger partial charge in [-0.25, -0.2) is 12.1 Å². The summed E-state index contributed by atoms with van der Waals surface area (Å²) in [5.74, 6) is 0. The third kappa shape index (κ3) is 77.5. The van der Waals surface area contributed by atoms with Crippen molar-refractivity contribution in [2.24, 2.45) is 0 Å². The molecular weight excluding hydrogens is 379 g/mol. The van der Waals surface area contributed by atoms with Crippen LogP contribution in [-0.4, -0.2) is 8.07 Å². The molecule has 0 nitrogen and oxygen atoms in total. The van der Waals surface area contributed by atoms with Crippen LogP contribution in [0, 0.1) is 20.4 Å². The van der Waals surface area contributed by atoms with Crippen LogP contribution in [-0.2, 0) is 21.1 Å². The summed E-state index contributed by atoms with van der Waals surface area (Å²) < 4.78 is 0. The molecule has 0 heterocycles. The van der Waals surface area contributed by atoms with Crippen LogP contribution in [0.25, 0.3) is 0 Å². The molecule has 0 N–H and O–H groups in total. The summed E-state index contributed by atoms with van der Waals surface area (Å²) in [6.07, 6.45) is 0. The van der Waals surface area contributed by atoms with Crippen molar-refractivity contribution < 1.29 is 21.1 Å². The van der Waals surface area contributed by atoms with E-state index in [-0.39, 0.29) is 21.1 Å². The smallest absolute Gasteiger partial charge is 0.346 e. The van der Waals surface area contributed by atoms with Gasteiger partial charge in [-0.3, -0.25) is 0 Å². The van der Waals surface area contributed by atoms with Gasteiger partial charge in [-0.1, -0.05) is 19.6 Å². The second-order valence-corrected chi connectivity index (χ2v) is 8.64. The zero-order valence-corrected chi connectivity index (χ0v) is 14.1. The van der Waals surface area contributed by atoms with E-state index in [0.29, 0.717) is 0 Å². The van der Waals surface area contributed by atoms with Crippen LogP contribution >= 0.6 is 0 Å². The average molecular weight is 406 g/mol. The molecule has 15 heavy (non-hydrogen) atoms. The molecule has 0 aromatic heterocycles. The van der Waals surface area contributed by atoms with Crippen molar-refractivity contribution in [2.75, 3.05) is 0 Å². The van der Waals surface area contributed by atoms with E-state index in [1.54, 1.807) is 13.8 Å². The van der Waals surface area contributed by atoms with Crippen molar-refractivity contribution >= 4 is 8.07 Å². The number of rotatable bonds is 0. The standard InChI is InChI=1S/C5H5.C4H11Si.2C2H5.Pt/c1-2-4-5-3-1;1-5(2,3)4;2*1-2;/h1-5H;1H2,2-4H3;2*1H2,2H3;/q4*-1;+4. The Hall–Kier alpha value is 0.255. The number of hydrogen-bond donors (Lipinski definition) is 0. The minimum absolute atomic E-state index is 0. The van der Waals surface area contributed by atoms with Crippen molar-refractivity contribution in [3.63, 3.8) is 0 Å². The van der Waals surface area contributed by atoms with Crippen molar-refractivity contribution in [2.45, 2.75) is 33.5 Å². The van der Waals surface area contributed by atoms with Crippen LogP contribution in [0.4, 0.5) is 0 Å². The summed E-state index contributed by atoms with van der Waals surface area (Å²) in [4.78, 5) is 0. The summed E-state index contributed by atoms with van der Waals surface area (Å²) in [6.45, 7) is 20.6. The van der Waals surface area contributed by atoms with Crippen LogP contribution in [0.3, 0.4) is 0 Å². The summed E-state index contributed by atoms with van der Waals surface area (Å²) in [7, 11) is -0.861. The maximum Gasteiger partial charge on any atom is 4.00 e. The maximum absolute atomic E-state index is 3.91. The van der Waals surface area contributed by atoms with Gasteiger partial charge < -0.3 is 20.4 Å². The Kier molecular flexibility index (Phi) is 32.3. The molecule has 1 aromatic carbocycles. The first-order chi connectivity index (χ1) is 6.50. The molecule has 0 aliphatic carbocycles. The van der Waals surface area contributed by atoms with E-state index < -0.39 is 8.07 Å². The van der Waals surface area contributed by atoms with Crippen LogP contribution < -0.4 is 0 Å². The summed E-state index contributed by atoms with van der Waals surface area (Å²) in [5, 5.41) is 0. The Morgan fingerprint density at radius 3 is 1.13 bits per heavy atom. The molecule has 0 aliphatic rings. The Morgan fingerprint density at radius 1 is 0.867 bits per heavy atom. The van der Waals surface area contributed by atoms with E-state index in [1.165, 1.54) is 0 Å². The zero-order chi connectivity index (χ0) is 12.0. The van der Waals surface area contributed by atoms with Crippen LogP contribution in [0.2, 0.25) is 19.6 Å². The third-order valence-electron chi connectivity index (χ3n) is 0.556. The number of hydrogen-bond acceptors (Lipinski definition) is 0. The van der Waals surface area contributed by atoms with Gasteiger partial charge in [-0.05, 0) is 0 Å². The molecule has 0 saturated heterocycles. The first-order valence-corrected chi connectivity index (χ1v) is 8.64. The minimum atomic E-state index is -0.861. The molecule has 0 aliphatic heterocycles. The van der Waals surface area contributed by atoms with Crippen molar-refractivity contribution in [3.05, 3.63) is 50.7 Å².